The van der Waals surface area contributed by atoms with Crippen LogP contribution in [0.3, 0.4) is 0 Å². The molecule has 0 amide bonds. The highest BCUT2D eigenvalue weighted by Crippen LogP contribution is 2.47. The molecule has 7 rings (SSSR count). The number of morpholine rings is 1. The number of ether oxygens (including phenoxy) is 2. The second-order valence-electron chi connectivity index (χ2n) is 12.6. The second-order valence-corrected chi connectivity index (χ2v) is 12.6. The summed E-state index contributed by atoms with van der Waals surface area (Å²) in [6.45, 7) is 7.96. The Hall–Kier alpha value is -3.79. The van der Waals surface area contributed by atoms with E-state index in [4.69, 9.17) is 9.47 Å². The zero-order chi connectivity index (χ0) is 30.8. The quantitative estimate of drug-likeness (QED) is 0.257. The van der Waals surface area contributed by atoms with Crippen LogP contribution in [-0.2, 0) is 24.4 Å². The topological polar surface area (TPSA) is 80.1 Å². The molecular weight excluding hydrogens is 571 g/mol. The average Bonchev–Trinajstić information content (AvgIpc) is 3.37. The third-order valence-electron chi connectivity index (χ3n) is 9.76. The number of nitrogens with zero attached hydrogens (tertiary/aromatic N) is 4. The van der Waals surface area contributed by atoms with E-state index in [1.54, 1.807) is 24.5 Å². The molecule has 2 aromatic heterocycles. The minimum Gasteiger partial charge on any atom is -0.489 e. The average molecular weight is 613 g/mol. The Bertz CT molecular complexity index is 1650. The van der Waals surface area contributed by atoms with Crippen LogP contribution in [0.15, 0.2) is 60.9 Å². The molecule has 1 N–H and O–H groups in total. The lowest BCUT2D eigenvalue weighted by molar-refractivity contribution is 0.0327. The minimum absolute atomic E-state index is 0.222. The van der Waals surface area contributed by atoms with Gasteiger partial charge in [0, 0.05) is 80.6 Å². The first-order chi connectivity index (χ1) is 22.0. The van der Waals surface area contributed by atoms with Gasteiger partial charge >= 0.3 is 5.97 Å². The number of pyridine rings is 1. The first kappa shape index (κ1) is 29.9. The molecule has 9 heteroatoms. The van der Waals surface area contributed by atoms with Crippen LogP contribution >= 0.6 is 0 Å². The van der Waals surface area contributed by atoms with Gasteiger partial charge in [0.1, 0.15) is 18.5 Å². The van der Waals surface area contributed by atoms with E-state index in [0.29, 0.717) is 19.6 Å². The maximum absolute atomic E-state index is 15.8. The molecular formula is C36H41FN4O4. The van der Waals surface area contributed by atoms with Crippen molar-refractivity contribution in [3.63, 3.8) is 0 Å². The lowest BCUT2D eigenvalue weighted by atomic mass is 9.80. The van der Waals surface area contributed by atoms with E-state index in [1.165, 1.54) is 0 Å². The number of carbonyl (C=O) groups is 1. The molecule has 45 heavy (non-hydrogen) atoms. The minimum atomic E-state index is -0.954. The smallest absolute Gasteiger partial charge is 0.335 e. The number of fused-ring (bicyclic) bond motifs is 5. The normalized spacial score (nSPS) is 21.1. The number of hydrogen-bond donors (Lipinski definition) is 1. The first-order valence-electron chi connectivity index (χ1n) is 16.3. The Morgan fingerprint density at radius 2 is 1.76 bits per heavy atom. The Morgan fingerprint density at radius 3 is 2.56 bits per heavy atom. The fourth-order valence-corrected chi connectivity index (χ4v) is 7.35. The van der Waals surface area contributed by atoms with Crippen molar-refractivity contribution in [2.75, 3.05) is 45.9 Å². The summed E-state index contributed by atoms with van der Waals surface area (Å²) >= 11 is 0. The summed E-state index contributed by atoms with van der Waals surface area (Å²) in [5, 5.41) is 10.9. The van der Waals surface area contributed by atoms with Gasteiger partial charge in [-0.3, -0.25) is 14.8 Å². The molecule has 4 aromatic rings. The van der Waals surface area contributed by atoms with Gasteiger partial charge in [-0.1, -0.05) is 18.9 Å². The van der Waals surface area contributed by atoms with Crippen molar-refractivity contribution in [3.05, 3.63) is 83.2 Å². The number of rotatable bonds is 8. The lowest BCUT2D eigenvalue weighted by Gasteiger charge is -2.33. The Morgan fingerprint density at radius 1 is 0.956 bits per heavy atom. The van der Waals surface area contributed by atoms with Gasteiger partial charge in [0.15, 0.2) is 0 Å². The van der Waals surface area contributed by atoms with Crippen LogP contribution in [0.25, 0.3) is 22.2 Å². The van der Waals surface area contributed by atoms with Gasteiger partial charge in [-0.25, -0.2) is 9.18 Å². The first-order valence-corrected chi connectivity index (χ1v) is 16.3. The van der Waals surface area contributed by atoms with Crippen LogP contribution in [0, 0.1) is 0 Å². The van der Waals surface area contributed by atoms with Gasteiger partial charge in [0.25, 0.3) is 0 Å². The van der Waals surface area contributed by atoms with Crippen LogP contribution in [0.5, 0.6) is 5.75 Å². The standard InChI is InChI=1S/C36H41FN4O4/c37-32-4-2-1-3-30(32)34-31-7-5-26(36(42)43)22-33(31)41-16-15-40(14-13-39-17-19-44-20-18-39)23-27-21-28(6-8-29(27)35(34)41)45-24-25-9-11-38-12-10-25/h5-12,21-22,30,32H,1-4,13-20,23-24H2,(H,42,43)/t30-,32-/m1/s1. The third kappa shape index (κ3) is 6.34. The van der Waals surface area contributed by atoms with Crippen molar-refractivity contribution in [1.82, 2.24) is 19.4 Å². The molecule has 2 aliphatic heterocycles. The number of halogens is 1. The van der Waals surface area contributed by atoms with Gasteiger partial charge in [-0.15, -0.1) is 0 Å². The molecule has 8 nitrogen and oxygen atoms in total. The Kier molecular flexibility index (Phi) is 8.83. The molecule has 0 radical (unpaired) electrons. The highest BCUT2D eigenvalue weighted by Gasteiger charge is 2.34. The van der Waals surface area contributed by atoms with Crippen LogP contribution in [-0.4, -0.2) is 82.5 Å². The number of hydrogen-bond acceptors (Lipinski definition) is 6. The van der Waals surface area contributed by atoms with Crippen molar-refractivity contribution >= 4 is 16.9 Å². The lowest BCUT2D eigenvalue weighted by Crippen LogP contribution is -2.42. The monoisotopic (exact) mass is 612 g/mol. The zero-order valence-corrected chi connectivity index (χ0v) is 25.7. The van der Waals surface area contributed by atoms with E-state index < -0.39 is 12.1 Å². The fourth-order valence-electron chi connectivity index (χ4n) is 7.35. The zero-order valence-electron chi connectivity index (χ0n) is 25.7. The molecule has 2 aromatic carbocycles. The van der Waals surface area contributed by atoms with E-state index in [1.807, 2.05) is 24.3 Å². The number of carboxylic acids is 1. The maximum atomic E-state index is 15.8. The molecule has 2 fully saturated rings. The van der Waals surface area contributed by atoms with E-state index in [0.717, 1.165) is 116 Å². The number of benzene rings is 2. The number of aromatic nitrogens is 2. The summed E-state index contributed by atoms with van der Waals surface area (Å²) in [6, 6.07) is 15.6. The predicted molar refractivity (Wildman–Crippen MR) is 172 cm³/mol. The Balaban J connectivity index is 1.33. The number of carboxylic acid groups (broad SMARTS) is 1. The number of alkyl halides is 1. The molecule has 0 bridgehead atoms. The molecule has 0 unspecified atom stereocenters. The van der Waals surface area contributed by atoms with Crippen LogP contribution in [0.1, 0.15) is 58.6 Å². The summed E-state index contributed by atoms with van der Waals surface area (Å²) in [4.78, 5) is 21.1. The summed E-state index contributed by atoms with van der Waals surface area (Å²) in [5.74, 6) is -0.387. The van der Waals surface area contributed by atoms with Crippen molar-refractivity contribution in [2.24, 2.45) is 0 Å². The van der Waals surface area contributed by atoms with Gasteiger partial charge in [0.2, 0.25) is 0 Å². The van der Waals surface area contributed by atoms with Crippen molar-refractivity contribution in [3.8, 4) is 17.0 Å². The summed E-state index contributed by atoms with van der Waals surface area (Å²) < 4.78 is 29.9. The van der Waals surface area contributed by atoms with Gasteiger partial charge < -0.3 is 19.1 Å². The highest BCUT2D eigenvalue weighted by molar-refractivity contribution is 5.98. The maximum Gasteiger partial charge on any atom is 0.335 e. The SMILES string of the molecule is O=C(O)c1ccc2c([C@@H]3CCCC[C@H]3F)c3n(c2c1)CCN(CCN1CCOCC1)Cc1cc(OCc2ccncc2)ccc1-3. The largest absolute Gasteiger partial charge is 0.489 e. The van der Waals surface area contributed by atoms with Gasteiger partial charge in [-0.05, 0) is 72.0 Å². The Labute approximate surface area is 263 Å². The van der Waals surface area contributed by atoms with Crippen molar-refractivity contribution in [1.29, 1.82) is 0 Å². The highest BCUT2D eigenvalue weighted by atomic mass is 19.1. The fraction of sp³-hybridized carbons (Fsp3) is 0.444. The molecule has 2 atom stereocenters. The molecule has 1 saturated carbocycles. The molecule has 1 aliphatic carbocycles. The third-order valence-corrected chi connectivity index (χ3v) is 9.76. The van der Waals surface area contributed by atoms with E-state index in [9.17, 15) is 9.90 Å². The molecule has 4 heterocycles. The summed E-state index contributed by atoms with van der Waals surface area (Å²) in [5.41, 5.74) is 6.44. The van der Waals surface area contributed by atoms with E-state index in [2.05, 4.69) is 31.5 Å². The number of aromatic carboxylic acids is 1. The van der Waals surface area contributed by atoms with Gasteiger partial charge in [-0.2, -0.15) is 0 Å². The molecule has 1 saturated heterocycles. The predicted octanol–water partition coefficient (Wildman–Crippen LogP) is 6.12. The van der Waals surface area contributed by atoms with Crippen LogP contribution in [0.2, 0.25) is 0 Å². The summed E-state index contributed by atoms with van der Waals surface area (Å²) in [6.07, 6.45) is 5.87. The molecule has 0 spiro atoms. The van der Waals surface area contributed by atoms with Crippen molar-refractivity contribution in [2.45, 2.75) is 57.5 Å². The van der Waals surface area contributed by atoms with Crippen LogP contribution in [0.4, 0.5) is 4.39 Å². The second kappa shape index (κ2) is 13.3. The van der Waals surface area contributed by atoms with Crippen LogP contribution < -0.4 is 4.74 Å². The summed E-state index contributed by atoms with van der Waals surface area (Å²) in [7, 11) is 0. The van der Waals surface area contributed by atoms with E-state index in [-0.39, 0.29) is 11.5 Å². The van der Waals surface area contributed by atoms with Gasteiger partial charge in [0.05, 0.1) is 24.5 Å². The molecule has 236 valence electrons. The molecule has 3 aliphatic rings. The van der Waals surface area contributed by atoms with Crippen molar-refractivity contribution < 1.29 is 23.8 Å². The van der Waals surface area contributed by atoms with E-state index >= 15 is 4.39 Å².